The standard InChI is InChI=1S/C10H16N2O/c1-3-4-5-10(13)12-7-6-9(8-12)11-2/h1,9,11H,4-8H2,2H3. The smallest absolute Gasteiger partial charge is 0.223 e. The van der Waals surface area contributed by atoms with Crippen LogP contribution < -0.4 is 5.32 Å². The fourth-order valence-electron chi connectivity index (χ4n) is 1.56. The van der Waals surface area contributed by atoms with Gasteiger partial charge in [-0.25, -0.2) is 0 Å². The fourth-order valence-corrected chi connectivity index (χ4v) is 1.56. The van der Waals surface area contributed by atoms with Crippen molar-refractivity contribution in [2.24, 2.45) is 0 Å². The summed E-state index contributed by atoms with van der Waals surface area (Å²) in [6.45, 7) is 1.70. The Kier molecular flexibility index (Phi) is 3.78. The SMILES string of the molecule is C#CCCC(=O)N1CCC(NC)C1. The highest BCUT2D eigenvalue weighted by molar-refractivity contribution is 5.76. The molecule has 0 spiro atoms. The number of likely N-dealkylation sites (tertiary alicyclic amines) is 1. The first-order valence-corrected chi connectivity index (χ1v) is 4.66. The lowest BCUT2D eigenvalue weighted by Gasteiger charge is -2.15. The minimum absolute atomic E-state index is 0.190. The molecule has 0 radical (unpaired) electrons. The average Bonchev–Trinajstić information content (AvgIpc) is 2.62. The maximum absolute atomic E-state index is 11.5. The van der Waals surface area contributed by atoms with Crippen molar-refractivity contribution in [2.45, 2.75) is 25.3 Å². The fraction of sp³-hybridized carbons (Fsp3) is 0.700. The van der Waals surface area contributed by atoms with Crippen molar-refractivity contribution < 1.29 is 4.79 Å². The molecule has 1 fully saturated rings. The van der Waals surface area contributed by atoms with E-state index in [-0.39, 0.29) is 5.91 Å². The van der Waals surface area contributed by atoms with Gasteiger partial charge in [-0.2, -0.15) is 0 Å². The first-order valence-electron chi connectivity index (χ1n) is 4.66. The zero-order valence-corrected chi connectivity index (χ0v) is 8.05. The molecule has 1 aliphatic rings. The number of carbonyl (C=O) groups excluding carboxylic acids is 1. The summed E-state index contributed by atoms with van der Waals surface area (Å²) in [4.78, 5) is 13.4. The van der Waals surface area contributed by atoms with E-state index in [1.807, 2.05) is 11.9 Å². The van der Waals surface area contributed by atoms with Gasteiger partial charge in [0.2, 0.25) is 5.91 Å². The largest absolute Gasteiger partial charge is 0.341 e. The normalized spacial score (nSPS) is 21.5. The highest BCUT2D eigenvalue weighted by Gasteiger charge is 2.23. The average molecular weight is 180 g/mol. The van der Waals surface area contributed by atoms with E-state index >= 15 is 0 Å². The lowest BCUT2D eigenvalue weighted by Crippen LogP contribution is -2.33. The van der Waals surface area contributed by atoms with Crippen molar-refractivity contribution in [3.8, 4) is 12.3 Å². The van der Waals surface area contributed by atoms with Crippen LogP contribution in [-0.2, 0) is 4.79 Å². The highest BCUT2D eigenvalue weighted by atomic mass is 16.2. The van der Waals surface area contributed by atoms with E-state index in [1.165, 1.54) is 0 Å². The Morgan fingerprint density at radius 3 is 3.08 bits per heavy atom. The van der Waals surface area contributed by atoms with Crippen LogP contribution in [0.1, 0.15) is 19.3 Å². The van der Waals surface area contributed by atoms with Crippen LogP contribution in [0.2, 0.25) is 0 Å². The number of amides is 1. The van der Waals surface area contributed by atoms with Crippen LogP contribution in [-0.4, -0.2) is 37.0 Å². The maximum atomic E-state index is 11.5. The molecule has 1 aliphatic heterocycles. The summed E-state index contributed by atoms with van der Waals surface area (Å²) in [5.41, 5.74) is 0. The van der Waals surface area contributed by atoms with Crippen molar-refractivity contribution in [3.05, 3.63) is 0 Å². The third-order valence-corrected chi connectivity index (χ3v) is 2.43. The molecule has 1 atom stereocenters. The molecule has 0 aromatic rings. The Morgan fingerprint density at radius 2 is 2.54 bits per heavy atom. The molecule has 1 rings (SSSR count). The van der Waals surface area contributed by atoms with Crippen LogP contribution in [0.5, 0.6) is 0 Å². The van der Waals surface area contributed by atoms with Gasteiger partial charge in [0, 0.05) is 32.0 Å². The predicted octanol–water partition coefficient (Wildman–Crippen LogP) is 0.220. The summed E-state index contributed by atoms with van der Waals surface area (Å²) in [6.07, 6.45) is 7.20. The van der Waals surface area contributed by atoms with E-state index in [0.29, 0.717) is 18.9 Å². The van der Waals surface area contributed by atoms with Crippen molar-refractivity contribution in [3.63, 3.8) is 0 Å². The van der Waals surface area contributed by atoms with Crippen LogP contribution in [0, 0.1) is 12.3 Å². The molecule has 3 heteroatoms. The van der Waals surface area contributed by atoms with E-state index in [0.717, 1.165) is 19.5 Å². The Hall–Kier alpha value is -1.01. The van der Waals surface area contributed by atoms with Crippen molar-refractivity contribution >= 4 is 5.91 Å². The number of nitrogens with one attached hydrogen (secondary N) is 1. The molecule has 1 amide bonds. The summed E-state index contributed by atoms with van der Waals surface area (Å²) in [7, 11) is 1.93. The molecule has 13 heavy (non-hydrogen) atoms. The van der Waals surface area contributed by atoms with Gasteiger partial charge < -0.3 is 10.2 Å². The van der Waals surface area contributed by atoms with Gasteiger partial charge in [0.05, 0.1) is 0 Å². The second-order valence-electron chi connectivity index (χ2n) is 3.32. The Labute approximate surface area is 79.5 Å². The first kappa shape index (κ1) is 10.1. The number of rotatable bonds is 3. The minimum atomic E-state index is 0.190. The van der Waals surface area contributed by atoms with E-state index in [9.17, 15) is 4.79 Å². The van der Waals surface area contributed by atoms with Gasteiger partial charge in [-0.1, -0.05) is 0 Å². The molecule has 0 aromatic heterocycles. The molecule has 3 nitrogen and oxygen atoms in total. The van der Waals surface area contributed by atoms with Gasteiger partial charge in [-0.15, -0.1) is 12.3 Å². The Balaban J connectivity index is 2.30. The van der Waals surface area contributed by atoms with Gasteiger partial charge in [0.25, 0.3) is 0 Å². The van der Waals surface area contributed by atoms with E-state index in [2.05, 4.69) is 11.2 Å². The second kappa shape index (κ2) is 4.88. The number of nitrogens with zero attached hydrogens (tertiary/aromatic N) is 1. The molecule has 1 heterocycles. The number of terminal acetylenes is 1. The van der Waals surface area contributed by atoms with Gasteiger partial charge >= 0.3 is 0 Å². The molecule has 0 bridgehead atoms. The molecule has 72 valence electrons. The number of carbonyl (C=O) groups is 1. The summed E-state index contributed by atoms with van der Waals surface area (Å²) >= 11 is 0. The third-order valence-electron chi connectivity index (χ3n) is 2.43. The summed E-state index contributed by atoms with van der Waals surface area (Å²) in [5, 5.41) is 3.17. The first-order chi connectivity index (χ1) is 6.27. The summed E-state index contributed by atoms with van der Waals surface area (Å²) in [6, 6.07) is 0.467. The van der Waals surface area contributed by atoms with Crippen molar-refractivity contribution in [1.29, 1.82) is 0 Å². The second-order valence-corrected chi connectivity index (χ2v) is 3.32. The Morgan fingerprint density at radius 1 is 1.77 bits per heavy atom. The quantitative estimate of drug-likeness (QED) is 0.630. The Bertz CT molecular complexity index is 219. The van der Waals surface area contributed by atoms with Crippen molar-refractivity contribution in [2.75, 3.05) is 20.1 Å². The van der Waals surface area contributed by atoms with Crippen LogP contribution in [0.4, 0.5) is 0 Å². The zero-order chi connectivity index (χ0) is 9.68. The van der Waals surface area contributed by atoms with Crippen molar-refractivity contribution in [1.82, 2.24) is 10.2 Å². The van der Waals surface area contributed by atoms with E-state index in [1.54, 1.807) is 0 Å². The summed E-state index contributed by atoms with van der Waals surface area (Å²) < 4.78 is 0. The predicted molar refractivity (Wildman–Crippen MR) is 52.1 cm³/mol. The van der Waals surface area contributed by atoms with Gasteiger partial charge in [0.15, 0.2) is 0 Å². The molecule has 0 aromatic carbocycles. The van der Waals surface area contributed by atoms with E-state index in [4.69, 9.17) is 6.42 Å². The molecule has 0 saturated carbocycles. The van der Waals surface area contributed by atoms with Gasteiger partial charge in [0.1, 0.15) is 0 Å². The van der Waals surface area contributed by atoms with Crippen LogP contribution in [0.3, 0.4) is 0 Å². The third kappa shape index (κ3) is 2.74. The number of likely N-dealkylation sites (N-methyl/N-ethyl adjacent to an activating group) is 1. The number of hydrogen-bond acceptors (Lipinski definition) is 2. The van der Waals surface area contributed by atoms with E-state index < -0.39 is 0 Å². The van der Waals surface area contributed by atoms with Crippen LogP contribution >= 0.6 is 0 Å². The van der Waals surface area contributed by atoms with Gasteiger partial charge in [-0.3, -0.25) is 4.79 Å². The molecule has 1 saturated heterocycles. The number of hydrogen-bond donors (Lipinski definition) is 1. The van der Waals surface area contributed by atoms with Crippen LogP contribution in [0.25, 0.3) is 0 Å². The molecular weight excluding hydrogens is 164 g/mol. The monoisotopic (exact) mass is 180 g/mol. The molecule has 1 N–H and O–H groups in total. The lowest BCUT2D eigenvalue weighted by atomic mass is 10.3. The minimum Gasteiger partial charge on any atom is -0.341 e. The summed E-state index contributed by atoms with van der Waals surface area (Å²) in [5.74, 6) is 2.67. The molecule has 0 aliphatic carbocycles. The topological polar surface area (TPSA) is 32.3 Å². The zero-order valence-electron chi connectivity index (χ0n) is 8.05. The molecule has 1 unspecified atom stereocenters. The maximum Gasteiger partial charge on any atom is 0.223 e. The van der Waals surface area contributed by atoms with Crippen LogP contribution in [0.15, 0.2) is 0 Å². The molecular formula is C10H16N2O. The lowest BCUT2D eigenvalue weighted by molar-refractivity contribution is -0.130. The van der Waals surface area contributed by atoms with Gasteiger partial charge in [-0.05, 0) is 13.5 Å². The highest BCUT2D eigenvalue weighted by Crippen LogP contribution is 2.10.